The van der Waals surface area contributed by atoms with Crippen LogP contribution in [0.4, 0.5) is 0 Å². The molecule has 1 aromatic heterocycles. The molecule has 0 amide bonds. The number of nitrogens with zero attached hydrogens (tertiary/aromatic N) is 2. The van der Waals surface area contributed by atoms with Crippen molar-refractivity contribution in [2.75, 3.05) is 13.6 Å². The molecule has 108 valence electrons. The highest BCUT2D eigenvalue weighted by Crippen LogP contribution is 2.30. The minimum absolute atomic E-state index is 0.0739. The van der Waals surface area contributed by atoms with Crippen LogP contribution in [0.1, 0.15) is 59.8 Å². The highest BCUT2D eigenvalue weighted by Gasteiger charge is 2.25. The number of pyridine rings is 1. The number of carbonyl (C=O) groups is 1. The van der Waals surface area contributed by atoms with Crippen molar-refractivity contribution in [2.24, 2.45) is 0 Å². The Morgan fingerprint density at radius 3 is 2.70 bits per heavy atom. The summed E-state index contributed by atoms with van der Waals surface area (Å²) in [5, 5.41) is 0. The van der Waals surface area contributed by atoms with Crippen LogP contribution in [-0.2, 0) is 13.0 Å². The van der Waals surface area contributed by atoms with Gasteiger partial charge in [-0.05, 0) is 31.5 Å². The predicted molar refractivity (Wildman–Crippen MR) is 78.2 cm³/mol. The molecule has 4 heteroatoms. The van der Waals surface area contributed by atoms with Crippen LogP contribution < -0.4 is 5.56 Å². The van der Waals surface area contributed by atoms with E-state index < -0.39 is 0 Å². The molecule has 2 heterocycles. The largest absolute Gasteiger partial charge is 0.309 e. The van der Waals surface area contributed by atoms with E-state index in [0.717, 1.165) is 44.2 Å². The van der Waals surface area contributed by atoms with E-state index in [0.29, 0.717) is 11.6 Å². The fourth-order valence-electron chi connectivity index (χ4n) is 3.64. The maximum absolute atomic E-state index is 12.6. The molecular weight excluding hydrogens is 252 g/mol. The number of likely N-dealkylation sites (N-methyl/N-ethyl adjacent to an activating group) is 1. The number of aromatic nitrogens is 1. The van der Waals surface area contributed by atoms with Gasteiger partial charge in [0.2, 0.25) is 0 Å². The van der Waals surface area contributed by atoms with Gasteiger partial charge in [0, 0.05) is 31.2 Å². The molecule has 0 N–H and O–H groups in total. The molecule has 0 aromatic carbocycles. The molecule has 1 aromatic rings. The second kappa shape index (κ2) is 5.52. The van der Waals surface area contributed by atoms with Gasteiger partial charge in [0.15, 0.2) is 6.29 Å². The van der Waals surface area contributed by atoms with Crippen LogP contribution in [0.2, 0.25) is 0 Å². The van der Waals surface area contributed by atoms with Crippen LogP contribution >= 0.6 is 0 Å². The molecule has 4 nitrogen and oxygen atoms in total. The van der Waals surface area contributed by atoms with Gasteiger partial charge in [0.1, 0.15) is 0 Å². The summed E-state index contributed by atoms with van der Waals surface area (Å²) >= 11 is 0. The van der Waals surface area contributed by atoms with Crippen molar-refractivity contribution in [2.45, 2.75) is 51.1 Å². The average molecular weight is 274 g/mol. The Morgan fingerprint density at radius 2 is 2.00 bits per heavy atom. The smallest absolute Gasteiger partial charge is 0.261 e. The van der Waals surface area contributed by atoms with Gasteiger partial charge in [-0.1, -0.05) is 19.3 Å². The first kappa shape index (κ1) is 13.6. The van der Waals surface area contributed by atoms with Crippen LogP contribution in [0.3, 0.4) is 0 Å². The first-order valence-corrected chi connectivity index (χ1v) is 7.61. The van der Waals surface area contributed by atoms with E-state index in [4.69, 9.17) is 0 Å². The number of carbonyl (C=O) groups excluding carboxylic acids is 1. The highest BCUT2D eigenvalue weighted by atomic mass is 16.1. The molecule has 0 saturated heterocycles. The van der Waals surface area contributed by atoms with Gasteiger partial charge in [0.05, 0.1) is 5.56 Å². The van der Waals surface area contributed by atoms with Gasteiger partial charge in [-0.3, -0.25) is 9.59 Å². The Morgan fingerprint density at radius 1 is 1.25 bits per heavy atom. The predicted octanol–water partition coefficient (Wildman–Crippen LogP) is 2.15. The molecule has 1 fully saturated rings. The third kappa shape index (κ3) is 2.33. The van der Waals surface area contributed by atoms with Crippen molar-refractivity contribution < 1.29 is 4.79 Å². The van der Waals surface area contributed by atoms with Gasteiger partial charge in [0.25, 0.3) is 5.56 Å². The van der Waals surface area contributed by atoms with Crippen LogP contribution in [0, 0.1) is 0 Å². The normalized spacial score (nSPS) is 20.6. The van der Waals surface area contributed by atoms with E-state index in [1.54, 1.807) is 6.07 Å². The summed E-state index contributed by atoms with van der Waals surface area (Å²) in [6, 6.07) is 2.10. The Kier molecular flexibility index (Phi) is 3.74. The second-order valence-corrected chi connectivity index (χ2v) is 6.14. The summed E-state index contributed by atoms with van der Waals surface area (Å²) < 4.78 is 1.96. The van der Waals surface area contributed by atoms with Gasteiger partial charge in [-0.25, -0.2) is 0 Å². The fraction of sp³-hybridized carbons (Fsp3) is 0.625. The quantitative estimate of drug-likeness (QED) is 0.776. The molecule has 1 aliphatic heterocycles. The van der Waals surface area contributed by atoms with E-state index >= 15 is 0 Å². The standard InChI is InChI=1S/C16H22N2O2/c1-17-8-7-15-12(10-17)9-13(11-19)16(20)18(15)14-5-3-2-4-6-14/h9,11,14H,2-8,10H2,1H3. The lowest BCUT2D eigenvalue weighted by Crippen LogP contribution is -2.37. The monoisotopic (exact) mass is 274 g/mol. The van der Waals surface area contributed by atoms with E-state index in [9.17, 15) is 9.59 Å². The molecule has 0 unspecified atom stereocenters. The Labute approximate surface area is 119 Å². The van der Waals surface area contributed by atoms with Gasteiger partial charge in [-0.2, -0.15) is 0 Å². The summed E-state index contributed by atoms with van der Waals surface area (Å²) in [6.45, 7) is 1.82. The first-order chi connectivity index (χ1) is 9.70. The SMILES string of the molecule is CN1CCc2c(cc(C=O)c(=O)n2C2CCCCC2)C1. The lowest BCUT2D eigenvalue weighted by Gasteiger charge is -2.32. The van der Waals surface area contributed by atoms with Crippen molar-refractivity contribution in [3.8, 4) is 0 Å². The zero-order valence-corrected chi connectivity index (χ0v) is 12.1. The topological polar surface area (TPSA) is 42.3 Å². The van der Waals surface area contributed by atoms with Crippen LogP contribution in [0.15, 0.2) is 10.9 Å². The highest BCUT2D eigenvalue weighted by molar-refractivity contribution is 5.74. The first-order valence-electron chi connectivity index (χ1n) is 7.61. The number of rotatable bonds is 2. The maximum atomic E-state index is 12.6. The van der Waals surface area contributed by atoms with Crippen molar-refractivity contribution in [3.05, 3.63) is 33.2 Å². The van der Waals surface area contributed by atoms with Crippen molar-refractivity contribution in [1.82, 2.24) is 9.47 Å². The second-order valence-electron chi connectivity index (χ2n) is 6.14. The molecular formula is C16H22N2O2. The summed E-state index contributed by atoms with van der Waals surface area (Å²) in [7, 11) is 2.08. The number of hydrogen-bond donors (Lipinski definition) is 0. The number of fused-ring (bicyclic) bond motifs is 1. The summed E-state index contributed by atoms with van der Waals surface area (Å²) in [5.74, 6) is 0. The van der Waals surface area contributed by atoms with Crippen LogP contribution in [0.5, 0.6) is 0 Å². The minimum Gasteiger partial charge on any atom is -0.309 e. The van der Waals surface area contributed by atoms with E-state index in [1.165, 1.54) is 25.0 Å². The molecule has 0 radical (unpaired) electrons. The molecule has 1 aliphatic carbocycles. The molecule has 0 spiro atoms. The number of aldehydes is 1. The zero-order valence-electron chi connectivity index (χ0n) is 12.1. The van der Waals surface area contributed by atoms with E-state index in [2.05, 4.69) is 11.9 Å². The third-order valence-corrected chi connectivity index (χ3v) is 4.69. The average Bonchev–Trinajstić information content (AvgIpc) is 2.47. The molecule has 0 atom stereocenters. The Hall–Kier alpha value is -1.42. The Balaban J connectivity index is 2.12. The summed E-state index contributed by atoms with van der Waals surface area (Å²) in [5.41, 5.74) is 2.58. The van der Waals surface area contributed by atoms with E-state index in [1.807, 2.05) is 4.57 Å². The fourth-order valence-corrected chi connectivity index (χ4v) is 3.64. The van der Waals surface area contributed by atoms with E-state index in [-0.39, 0.29) is 5.56 Å². The molecule has 20 heavy (non-hydrogen) atoms. The maximum Gasteiger partial charge on any atom is 0.261 e. The molecule has 0 bridgehead atoms. The molecule has 1 saturated carbocycles. The van der Waals surface area contributed by atoms with Crippen molar-refractivity contribution in [3.63, 3.8) is 0 Å². The lowest BCUT2D eigenvalue weighted by molar-refractivity contribution is 0.112. The van der Waals surface area contributed by atoms with Crippen molar-refractivity contribution >= 4 is 6.29 Å². The van der Waals surface area contributed by atoms with Crippen molar-refractivity contribution in [1.29, 1.82) is 0 Å². The minimum atomic E-state index is -0.0739. The number of hydrogen-bond acceptors (Lipinski definition) is 3. The van der Waals surface area contributed by atoms with Gasteiger partial charge < -0.3 is 9.47 Å². The van der Waals surface area contributed by atoms with Crippen LogP contribution in [-0.4, -0.2) is 29.3 Å². The Bertz CT molecular complexity index is 571. The summed E-state index contributed by atoms with van der Waals surface area (Å²) in [6.07, 6.45) is 7.43. The van der Waals surface area contributed by atoms with Gasteiger partial charge in [-0.15, -0.1) is 0 Å². The zero-order chi connectivity index (χ0) is 14.1. The lowest BCUT2D eigenvalue weighted by atomic mass is 9.93. The van der Waals surface area contributed by atoms with Crippen LogP contribution in [0.25, 0.3) is 0 Å². The molecule has 3 rings (SSSR count). The third-order valence-electron chi connectivity index (χ3n) is 4.69. The molecule has 2 aliphatic rings. The summed E-state index contributed by atoms with van der Waals surface area (Å²) in [4.78, 5) is 26.0. The van der Waals surface area contributed by atoms with Gasteiger partial charge >= 0.3 is 0 Å².